The lowest BCUT2D eigenvalue weighted by Crippen LogP contribution is -2.32. The molecule has 0 spiro atoms. The van der Waals surface area contributed by atoms with Gasteiger partial charge in [-0.3, -0.25) is 19.1 Å². The molecule has 0 aliphatic carbocycles. The normalized spacial score (nSPS) is 12.1. The maximum absolute atomic E-state index is 14.3. The van der Waals surface area contributed by atoms with Gasteiger partial charge in [-0.25, -0.2) is 9.50 Å². The standard InChI is InChI=1S/C31H26N6O2/c1-19-17-22(13-15-32-19)25-12-7-9-23-18-26(37(31(39)28(23)25)24-10-5-4-6-11-24)20(2)34-30(38)27-21(3)35-36-16-8-14-33-29(27)36/h4-18,20H,1-3H3,(H,34,38)/t20-/m0/s1. The number of hydrogen-bond donors (Lipinski definition) is 1. The van der Waals surface area contributed by atoms with Gasteiger partial charge in [0.2, 0.25) is 0 Å². The second-order valence-corrected chi connectivity index (χ2v) is 9.54. The molecule has 2 aromatic carbocycles. The number of amides is 1. The maximum Gasteiger partial charge on any atom is 0.263 e. The minimum atomic E-state index is -0.500. The van der Waals surface area contributed by atoms with Crippen molar-refractivity contribution in [3.8, 4) is 16.8 Å². The molecule has 192 valence electrons. The van der Waals surface area contributed by atoms with Gasteiger partial charge in [-0.15, -0.1) is 0 Å². The lowest BCUT2D eigenvalue weighted by molar-refractivity contribution is 0.0939. The Bertz CT molecular complexity index is 1920. The Morgan fingerprint density at radius 3 is 2.54 bits per heavy atom. The zero-order valence-corrected chi connectivity index (χ0v) is 21.8. The van der Waals surface area contributed by atoms with Gasteiger partial charge in [-0.1, -0.05) is 36.4 Å². The predicted octanol–water partition coefficient (Wildman–Crippen LogP) is 5.20. The smallest absolute Gasteiger partial charge is 0.263 e. The van der Waals surface area contributed by atoms with E-state index < -0.39 is 6.04 Å². The van der Waals surface area contributed by atoms with Crippen molar-refractivity contribution in [1.82, 2.24) is 29.5 Å². The fourth-order valence-corrected chi connectivity index (χ4v) is 5.10. The number of hydrogen-bond acceptors (Lipinski definition) is 5. The van der Waals surface area contributed by atoms with Gasteiger partial charge in [-0.2, -0.15) is 5.10 Å². The third-order valence-electron chi connectivity index (χ3n) is 6.89. The topological polar surface area (TPSA) is 94.2 Å². The number of nitrogens with zero attached hydrogens (tertiary/aromatic N) is 5. The lowest BCUT2D eigenvalue weighted by atomic mass is 9.98. The molecule has 0 aliphatic rings. The highest BCUT2D eigenvalue weighted by atomic mass is 16.2. The van der Waals surface area contributed by atoms with Crippen LogP contribution in [0.1, 0.15) is 40.4 Å². The van der Waals surface area contributed by atoms with Gasteiger partial charge >= 0.3 is 0 Å². The number of aryl methyl sites for hydroxylation is 2. The van der Waals surface area contributed by atoms with Crippen molar-refractivity contribution in [2.75, 3.05) is 0 Å². The molecule has 0 bridgehead atoms. The van der Waals surface area contributed by atoms with Crippen LogP contribution < -0.4 is 10.9 Å². The summed E-state index contributed by atoms with van der Waals surface area (Å²) in [4.78, 5) is 36.4. The molecule has 1 atom stereocenters. The van der Waals surface area contributed by atoms with Gasteiger partial charge in [0.05, 0.1) is 17.1 Å². The molecular weight excluding hydrogens is 488 g/mol. The van der Waals surface area contributed by atoms with E-state index in [4.69, 9.17) is 0 Å². The van der Waals surface area contributed by atoms with E-state index >= 15 is 0 Å². The fourth-order valence-electron chi connectivity index (χ4n) is 5.10. The van der Waals surface area contributed by atoms with E-state index in [1.807, 2.05) is 80.6 Å². The summed E-state index contributed by atoms with van der Waals surface area (Å²) in [6, 6.07) is 22.5. The Labute approximate surface area is 224 Å². The molecule has 1 amide bonds. The first-order valence-corrected chi connectivity index (χ1v) is 12.7. The summed E-state index contributed by atoms with van der Waals surface area (Å²) in [5, 5.41) is 8.90. The second-order valence-electron chi connectivity index (χ2n) is 9.54. The van der Waals surface area contributed by atoms with Crippen molar-refractivity contribution >= 4 is 22.3 Å². The summed E-state index contributed by atoms with van der Waals surface area (Å²) in [5.74, 6) is -0.304. The molecule has 8 heteroatoms. The molecule has 0 saturated carbocycles. The average molecular weight is 515 g/mol. The molecule has 0 aliphatic heterocycles. The van der Waals surface area contributed by atoms with Crippen LogP contribution in [0, 0.1) is 13.8 Å². The summed E-state index contributed by atoms with van der Waals surface area (Å²) in [7, 11) is 0. The second kappa shape index (κ2) is 9.64. The summed E-state index contributed by atoms with van der Waals surface area (Å²) >= 11 is 0. The first kappa shape index (κ1) is 24.2. The third-order valence-corrected chi connectivity index (χ3v) is 6.89. The molecular formula is C31H26N6O2. The average Bonchev–Trinajstić information content (AvgIpc) is 3.28. The highest BCUT2D eigenvalue weighted by Crippen LogP contribution is 2.29. The lowest BCUT2D eigenvalue weighted by Gasteiger charge is -2.21. The van der Waals surface area contributed by atoms with Gasteiger partial charge < -0.3 is 5.32 Å². The highest BCUT2D eigenvalue weighted by Gasteiger charge is 2.23. The van der Waals surface area contributed by atoms with E-state index in [9.17, 15) is 9.59 Å². The first-order valence-electron chi connectivity index (χ1n) is 12.7. The van der Waals surface area contributed by atoms with Crippen LogP contribution in [0.15, 0.2) is 96.2 Å². The van der Waals surface area contributed by atoms with E-state index in [1.165, 1.54) is 0 Å². The molecule has 6 aromatic rings. The summed E-state index contributed by atoms with van der Waals surface area (Å²) in [6.45, 7) is 5.59. The van der Waals surface area contributed by atoms with Crippen LogP contribution in [-0.4, -0.2) is 30.1 Å². The van der Waals surface area contributed by atoms with E-state index in [-0.39, 0.29) is 11.5 Å². The van der Waals surface area contributed by atoms with Crippen LogP contribution in [0.3, 0.4) is 0 Å². The summed E-state index contributed by atoms with van der Waals surface area (Å²) < 4.78 is 3.28. The SMILES string of the molecule is Cc1cc(-c2cccc3cc([C@H](C)NC(=O)c4c(C)nn5cccnc45)n(-c4ccccc4)c(=O)c23)ccn1. The van der Waals surface area contributed by atoms with Crippen molar-refractivity contribution in [3.63, 3.8) is 0 Å². The highest BCUT2D eigenvalue weighted by molar-refractivity contribution is 6.01. The number of para-hydroxylation sites is 1. The van der Waals surface area contributed by atoms with Crippen molar-refractivity contribution in [1.29, 1.82) is 0 Å². The number of nitrogens with one attached hydrogen (secondary N) is 1. The zero-order chi connectivity index (χ0) is 27.1. The molecule has 4 aromatic heterocycles. The Morgan fingerprint density at radius 2 is 1.74 bits per heavy atom. The van der Waals surface area contributed by atoms with Gasteiger partial charge in [0.25, 0.3) is 11.5 Å². The number of carbonyl (C=O) groups excluding carboxylic acids is 1. The molecule has 4 heterocycles. The molecule has 1 N–H and O–H groups in total. The van der Waals surface area contributed by atoms with Crippen molar-refractivity contribution in [3.05, 3.63) is 124 Å². The molecule has 0 radical (unpaired) electrons. The third kappa shape index (κ3) is 4.25. The minimum absolute atomic E-state index is 0.159. The van der Waals surface area contributed by atoms with Crippen LogP contribution >= 0.6 is 0 Å². The quantitative estimate of drug-likeness (QED) is 0.341. The minimum Gasteiger partial charge on any atom is -0.344 e. The Morgan fingerprint density at radius 1 is 0.923 bits per heavy atom. The first-order chi connectivity index (χ1) is 18.9. The number of rotatable bonds is 5. The van der Waals surface area contributed by atoms with E-state index in [2.05, 4.69) is 20.4 Å². The molecule has 6 rings (SSSR count). The van der Waals surface area contributed by atoms with Crippen molar-refractivity contribution in [2.45, 2.75) is 26.8 Å². The molecule has 0 unspecified atom stereocenters. The zero-order valence-electron chi connectivity index (χ0n) is 21.8. The number of aromatic nitrogens is 5. The molecule has 39 heavy (non-hydrogen) atoms. The Balaban J connectivity index is 1.52. The maximum atomic E-state index is 14.3. The van der Waals surface area contributed by atoms with Crippen molar-refractivity contribution < 1.29 is 4.79 Å². The number of carbonyl (C=O) groups is 1. The van der Waals surface area contributed by atoms with E-state index in [0.29, 0.717) is 28.0 Å². The Kier molecular flexibility index (Phi) is 5.99. The van der Waals surface area contributed by atoms with Gasteiger partial charge in [0.15, 0.2) is 5.65 Å². The van der Waals surface area contributed by atoms with Gasteiger partial charge in [-0.05, 0) is 73.7 Å². The van der Waals surface area contributed by atoms with Crippen LogP contribution in [0.5, 0.6) is 0 Å². The predicted molar refractivity (Wildman–Crippen MR) is 151 cm³/mol. The van der Waals surface area contributed by atoms with Crippen LogP contribution in [0.2, 0.25) is 0 Å². The largest absolute Gasteiger partial charge is 0.344 e. The van der Waals surface area contributed by atoms with Gasteiger partial charge in [0, 0.05) is 35.7 Å². The van der Waals surface area contributed by atoms with Gasteiger partial charge in [0.1, 0.15) is 5.56 Å². The van der Waals surface area contributed by atoms with E-state index in [1.54, 1.807) is 40.7 Å². The Hall–Kier alpha value is -5.11. The number of benzene rings is 2. The van der Waals surface area contributed by atoms with Crippen LogP contribution in [0.25, 0.3) is 33.2 Å². The van der Waals surface area contributed by atoms with Crippen LogP contribution in [-0.2, 0) is 0 Å². The summed E-state index contributed by atoms with van der Waals surface area (Å²) in [6.07, 6.45) is 5.14. The monoisotopic (exact) mass is 514 g/mol. The summed E-state index contributed by atoms with van der Waals surface area (Å²) in [5.41, 5.74) is 5.33. The van der Waals surface area contributed by atoms with Crippen LogP contribution in [0.4, 0.5) is 0 Å². The van der Waals surface area contributed by atoms with E-state index in [0.717, 1.165) is 27.9 Å². The number of pyridine rings is 2. The molecule has 0 saturated heterocycles. The fraction of sp³-hybridized carbons (Fsp3) is 0.129. The molecule has 0 fully saturated rings. The number of fused-ring (bicyclic) bond motifs is 2. The molecule has 8 nitrogen and oxygen atoms in total. The van der Waals surface area contributed by atoms with Crippen molar-refractivity contribution in [2.24, 2.45) is 0 Å².